The Balaban J connectivity index is 1.24. The van der Waals surface area contributed by atoms with Gasteiger partial charge in [-0.2, -0.15) is 0 Å². The molecule has 2 aliphatic rings. The molecule has 0 radical (unpaired) electrons. The summed E-state index contributed by atoms with van der Waals surface area (Å²) in [6, 6.07) is 22.0. The summed E-state index contributed by atoms with van der Waals surface area (Å²) in [5.41, 5.74) is 9.36. The van der Waals surface area contributed by atoms with Gasteiger partial charge in [0, 0.05) is 0 Å². The van der Waals surface area contributed by atoms with Gasteiger partial charge in [0.25, 0.3) is 0 Å². The van der Waals surface area contributed by atoms with Crippen LogP contribution in [-0.2, 0) is 20.6 Å². The van der Waals surface area contributed by atoms with Crippen molar-refractivity contribution in [1.29, 1.82) is 0 Å². The van der Waals surface area contributed by atoms with Crippen LogP contribution in [0.1, 0.15) is 36.5 Å². The van der Waals surface area contributed by atoms with Gasteiger partial charge in [0.2, 0.25) is 0 Å². The minimum absolute atomic E-state index is 0.304. The molecule has 0 spiro atoms. The fraction of sp³-hybridized carbons (Fsp3) is 0.379. The molecule has 0 aromatic heterocycles. The van der Waals surface area contributed by atoms with Crippen LogP contribution in [0.4, 0.5) is 0 Å². The van der Waals surface area contributed by atoms with Crippen LogP contribution in [-0.4, -0.2) is 45.7 Å². The topological polar surface area (TPSA) is 40.2 Å². The van der Waals surface area contributed by atoms with Gasteiger partial charge in [0.05, 0.1) is 33.0 Å². The van der Waals surface area contributed by atoms with E-state index in [0.29, 0.717) is 45.1 Å². The van der Waals surface area contributed by atoms with E-state index < -0.39 is 0 Å². The Labute approximate surface area is 196 Å². The summed E-state index contributed by atoms with van der Waals surface area (Å²) in [7, 11) is 0. The lowest BCUT2D eigenvalue weighted by Crippen LogP contribution is -2.13. The molecule has 3 aromatic rings. The number of epoxide rings is 1. The lowest BCUT2D eigenvalue weighted by molar-refractivity contribution is 0.0316. The Bertz CT molecular complexity index is 1100. The Kier molecular flexibility index (Phi) is 6.77. The molecule has 1 aliphatic carbocycles. The zero-order chi connectivity index (χ0) is 22.6. The second-order valence-corrected chi connectivity index (χ2v) is 9.06. The molecule has 33 heavy (non-hydrogen) atoms. The third kappa shape index (κ3) is 5.14. The van der Waals surface area contributed by atoms with E-state index in [4.69, 9.17) is 18.9 Å². The molecule has 0 bridgehead atoms. The molecule has 1 saturated heterocycles. The van der Waals surface area contributed by atoms with Crippen molar-refractivity contribution in [2.45, 2.75) is 32.3 Å². The van der Waals surface area contributed by atoms with Gasteiger partial charge in [-0.25, -0.2) is 0 Å². The molecule has 0 N–H and O–H groups in total. The largest absolute Gasteiger partial charge is 0.491 e. The number of hydrogen-bond donors (Lipinski definition) is 0. The molecule has 4 nitrogen and oxygen atoms in total. The number of fused-ring (bicyclic) bond motifs is 3. The van der Waals surface area contributed by atoms with Crippen LogP contribution >= 0.6 is 0 Å². The molecule has 1 heterocycles. The lowest BCUT2D eigenvalue weighted by atomic mass is 9.92. The van der Waals surface area contributed by atoms with Gasteiger partial charge in [-0.1, -0.05) is 62.4 Å². The zero-order valence-corrected chi connectivity index (χ0v) is 19.5. The number of hydrogen-bond acceptors (Lipinski definition) is 4. The van der Waals surface area contributed by atoms with Crippen LogP contribution in [0.15, 0.2) is 60.7 Å². The highest BCUT2D eigenvalue weighted by molar-refractivity contribution is 5.85. The summed E-state index contributed by atoms with van der Waals surface area (Å²) in [5.74, 6) is 1.31. The second kappa shape index (κ2) is 10.1. The first-order chi connectivity index (χ1) is 16.2. The van der Waals surface area contributed by atoms with Gasteiger partial charge in [-0.3, -0.25) is 0 Å². The Morgan fingerprint density at radius 3 is 2.45 bits per heavy atom. The van der Waals surface area contributed by atoms with E-state index in [2.05, 4.69) is 74.5 Å². The standard InChI is InChI=1S/C29H32O4/c1-20(2)27-16-22(10-11-29(27)32-15-14-30-12-13-31-18-23-19-33-23)25-8-5-9-26-24-7-4-3-6-21(24)17-28(25)26/h3-11,16,20,23H,12-15,17-19H2,1-2H3. The van der Waals surface area contributed by atoms with Crippen molar-refractivity contribution in [2.24, 2.45) is 0 Å². The lowest BCUT2D eigenvalue weighted by Gasteiger charge is -2.17. The van der Waals surface area contributed by atoms with Crippen LogP contribution in [0.5, 0.6) is 5.75 Å². The van der Waals surface area contributed by atoms with Crippen LogP contribution in [0, 0.1) is 0 Å². The third-order valence-electron chi connectivity index (χ3n) is 6.36. The fourth-order valence-corrected chi connectivity index (χ4v) is 4.54. The van der Waals surface area contributed by atoms with Crippen LogP contribution < -0.4 is 4.74 Å². The molecule has 1 fully saturated rings. The van der Waals surface area contributed by atoms with Crippen LogP contribution in [0.2, 0.25) is 0 Å². The molecule has 0 saturated carbocycles. The van der Waals surface area contributed by atoms with E-state index in [-0.39, 0.29) is 0 Å². The summed E-state index contributed by atoms with van der Waals surface area (Å²) in [4.78, 5) is 0. The molecular weight excluding hydrogens is 412 g/mol. The molecule has 1 atom stereocenters. The van der Waals surface area contributed by atoms with Gasteiger partial charge in [-0.05, 0) is 63.4 Å². The second-order valence-electron chi connectivity index (χ2n) is 9.06. The monoisotopic (exact) mass is 444 g/mol. The van der Waals surface area contributed by atoms with Crippen molar-refractivity contribution in [2.75, 3.05) is 39.6 Å². The summed E-state index contributed by atoms with van der Waals surface area (Å²) >= 11 is 0. The molecule has 5 rings (SSSR count). The maximum atomic E-state index is 6.10. The number of benzene rings is 3. The van der Waals surface area contributed by atoms with Gasteiger partial charge >= 0.3 is 0 Å². The van der Waals surface area contributed by atoms with Gasteiger partial charge in [0.1, 0.15) is 18.5 Å². The smallest absolute Gasteiger partial charge is 0.122 e. The maximum absolute atomic E-state index is 6.10. The Hall–Kier alpha value is -2.66. The van der Waals surface area contributed by atoms with E-state index >= 15 is 0 Å². The first-order valence-electron chi connectivity index (χ1n) is 11.9. The van der Waals surface area contributed by atoms with Crippen molar-refractivity contribution in [3.63, 3.8) is 0 Å². The Morgan fingerprint density at radius 1 is 0.848 bits per heavy atom. The van der Waals surface area contributed by atoms with E-state index in [0.717, 1.165) is 18.8 Å². The fourth-order valence-electron chi connectivity index (χ4n) is 4.54. The van der Waals surface area contributed by atoms with E-state index in [1.165, 1.54) is 38.9 Å². The van der Waals surface area contributed by atoms with Crippen LogP contribution in [0.3, 0.4) is 0 Å². The van der Waals surface area contributed by atoms with Crippen molar-refractivity contribution >= 4 is 0 Å². The zero-order valence-electron chi connectivity index (χ0n) is 19.5. The predicted molar refractivity (Wildman–Crippen MR) is 131 cm³/mol. The quantitative estimate of drug-likeness (QED) is 0.215. The minimum Gasteiger partial charge on any atom is -0.491 e. The number of rotatable bonds is 11. The van der Waals surface area contributed by atoms with E-state index in [1.54, 1.807) is 0 Å². The minimum atomic E-state index is 0.304. The molecule has 3 aromatic carbocycles. The molecule has 1 aliphatic heterocycles. The highest BCUT2D eigenvalue weighted by Crippen LogP contribution is 2.42. The van der Waals surface area contributed by atoms with Gasteiger partial charge < -0.3 is 18.9 Å². The molecule has 4 heteroatoms. The van der Waals surface area contributed by atoms with Crippen molar-refractivity contribution in [1.82, 2.24) is 0 Å². The highest BCUT2D eigenvalue weighted by atomic mass is 16.6. The third-order valence-corrected chi connectivity index (χ3v) is 6.36. The maximum Gasteiger partial charge on any atom is 0.122 e. The average molecular weight is 445 g/mol. The highest BCUT2D eigenvalue weighted by Gasteiger charge is 2.22. The SMILES string of the molecule is CC(C)c1cc(-c2cccc3c2Cc2ccccc2-3)ccc1OCCOCCOCC1CO1. The first kappa shape index (κ1) is 22.1. The van der Waals surface area contributed by atoms with E-state index in [1.807, 2.05) is 0 Å². The van der Waals surface area contributed by atoms with Gasteiger partial charge in [0.15, 0.2) is 0 Å². The molecule has 172 valence electrons. The molecular formula is C29H32O4. The Morgan fingerprint density at radius 2 is 1.61 bits per heavy atom. The van der Waals surface area contributed by atoms with Gasteiger partial charge in [-0.15, -0.1) is 0 Å². The molecule has 1 unspecified atom stereocenters. The summed E-state index contributed by atoms with van der Waals surface area (Å²) < 4.78 is 22.4. The average Bonchev–Trinajstić information content (AvgIpc) is 3.58. The summed E-state index contributed by atoms with van der Waals surface area (Å²) in [6.45, 7) is 8.18. The first-order valence-corrected chi connectivity index (χ1v) is 11.9. The predicted octanol–water partition coefficient (Wildman–Crippen LogP) is 5.86. The summed E-state index contributed by atoms with van der Waals surface area (Å²) in [6.07, 6.45) is 1.30. The van der Waals surface area contributed by atoms with E-state index in [9.17, 15) is 0 Å². The van der Waals surface area contributed by atoms with Crippen molar-refractivity contribution in [3.8, 4) is 28.0 Å². The van der Waals surface area contributed by atoms with Crippen molar-refractivity contribution < 1.29 is 18.9 Å². The summed E-state index contributed by atoms with van der Waals surface area (Å²) in [5, 5.41) is 0. The van der Waals surface area contributed by atoms with Crippen molar-refractivity contribution in [3.05, 3.63) is 77.4 Å². The van der Waals surface area contributed by atoms with Crippen LogP contribution in [0.25, 0.3) is 22.3 Å². The molecule has 0 amide bonds. The normalized spacial score (nSPS) is 16.0. The number of ether oxygens (including phenoxy) is 4.